The van der Waals surface area contributed by atoms with Crippen LogP contribution in [0.3, 0.4) is 0 Å². The van der Waals surface area contributed by atoms with Crippen molar-refractivity contribution >= 4 is 21.8 Å². The van der Waals surface area contributed by atoms with Crippen molar-refractivity contribution in [1.29, 1.82) is 0 Å². The zero-order chi connectivity index (χ0) is 17.1. The number of aryl methyl sites for hydroxylation is 1. The molecule has 1 radical (unpaired) electrons. The molecule has 0 bridgehead atoms. The second kappa shape index (κ2) is 7.02. The van der Waals surface area contributed by atoms with Gasteiger partial charge in [0.1, 0.15) is 0 Å². The molecule has 2 aromatic carbocycles. The van der Waals surface area contributed by atoms with Crippen molar-refractivity contribution in [2.24, 2.45) is 0 Å². The number of para-hydroxylation sites is 2. The molecule has 0 aliphatic carbocycles. The van der Waals surface area contributed by atoms with E-state index in [0.29, 0.717) is 0 Å². The molecule has 4 rings (SSSR count). The van der Waals surface area contributed by atoms with Gasteiger partial charge in [-0.15, -0.1) is 0 Å². The highest BCUT2D eigenvalue weighted by Crippen LogP contribution is 2.25. The van der Waals surface area contributed by atoms with E-state index < -0.39 is 0 Å². The molecule has 2 nitrogen and oxygen atoms in total. The normalized spacial score (nSPS) is 11.4. The van der Waals surface area contributed by atoms with Gasteiger partial charge in [-0.2, -0.15) is 0 Å². The van der Waals surface area contributed by atoms with Gasteiger partial charge in [0, 0.05) is 28.1 Å². The summed E-state index contributed by atoms with van der Waals surface area (Å²) >= 11 is 0. The van der Waals surface area contributed by atoms with E-state index in [-0.39, 0.29) is 0 Å². The molecule has 2 heterocycles. The fourth-order valence-electron chi connectivity index (χ4n) is 3.28. The van der Waals surface area contributed by atoms with Crippen molar-refractivity contribution in [2.45, 2.75) is 26.2 Å². The average molecular weight is 325 g/mol. The van der Waals surface area contributed by atoms with Crippen molar-refractivity contribution in [3.63, 3.8) is 0 Å². The Morgan fingerprint density at radius 3 is 2.08 bits per heavy atom. The van der Waals surface area contributed by atoms with Crippen LogP contribution in [0.25, 0.3) is 21.8 Å². The summed E-state index contributed by atoms with van der Waals surface area (Å²) in [5.41, 5.74) is 4.39. The topological polar surface area (TPSA) is 25.8 Å². The Hall–Kier alpha value is -2.74. The molecule has 123 valence electrons. The molecule has 4 aromatic rings. The van der Waals surface area contributed by atoms with Crippen LogP contribution in [0, 0.1) is 5.92 Å². The van der Waals surface area contributed by atoms with Gasteiger partial charge in [-0.1, -0.05) is 55.5 Å². The van der Waals surface area contributed by atoms with Crippen molar-refractivity contribution in [3.05, 3.63) is 90.1 Å². The van der Waals surface area contributed by atoms with Crippen LogP contribution in [-0.4, -0.2) is 9.97 Å². The minimum absolute atomic E-state index is 0.947. The summed E-state index contributed by atoms with van der Waals surface area (Å²) < 4.78 is 0. The molecule has 0 fully saturated rings. The van der Waals surface area contributed by atoms with Crippen LogP contribution in [0.5, 0.6) is 0 Å². The third-order valence-electron chi connectivity index (χ3n) is 4.73. The van der Waals surface area contributed by atoms with Crippen molar-refractivity contribution in [3.8, 4) is 0 Å². The lowest BCUT2D eigenvalue weighted by Crippen LogP contribution is -2.04. The van der Waals surface area contributed by atoms with Crippen LogP contribution >= 0.6 is 0 Å². The summed E-state index contributed by atoms with van der Waals surface area (Å²) in [4.78, 5) is 9.64. The van der Waals surface area contributed by atoms with E-state index in [1.54, 1.807) is 0 Å². The van der Waals surface area contributed by atoms with Crippen LogP contribution in [0.2, 0.25) is 0 Å². The van der Waals surface area contributed by atoms with Gasteiger partial charge in [-0.25, -0.2) is 0 Å². The van der Waals surface area contributed by atoms with Gasteiger partial charge in [-0.3, -0.25) is 9.97 Å². The van der Waals surface area contributed by atoms with Gasteiger partial charge in [-0.05, 0) is 43.5 Å². The molecular formula is C23H21N2. The monoisotopic (exact) mass is 325 g/mol. The Morgan fingerprint density at radius 1 is 0.720 bits per heavy atom. The SMILES string of the molecule is CC[C](CCc1ccc2ccccc2n1)c1ccc2ccccc2n1. The quantitative estimate of drug-likeness (QED) is 0.467. The highest BCUT2D eigenvalue weighted by Gasteiger charge is 2.13. The Bertz CT molecular complexity index is 1010. The summed E-state index contributed by atoms with van der Waals surface area (Å²) in [5, 5.41) is 2.39. The second-order valence-corrected chi connectivity index (χ2v) is 6.34. The summed E-state index contributed by atoms with van der Waals surface area (Å²) in [7, 11) is 0. The van der Waals surface area contributed by atoms with E-state index in [1.807, 2.05) is 12.1 Å². The maximum Gasteiger partial charge on any atom is 0.0705 e. The Kier molecular flexibility index (Phi) is 4.43. The van der Waals surface area contributed by atoms with Crippen molar-refractivity contribution < 1.29 is 0 Å². The van der Waals surface area contributed by atoms with Crippen molar-refractivity contribution in [1.82, 2.24) is 9.97 Å². The number of pyridine rings is 2. The molecule has 0 aliphatic rings. The molecule has 0 saturated carbocycles. The molecule has 2 aromatic heterocycles. The summed E-state index contributed by atoms with van der Waals surface area (Å²) in [6.45, 7) is 2.21. The first-order valence-electron chi connectivity index (χ1n) is 8.89. The molecule has 0 unspecified atom stereocenters. The molecule has 0 N–H and O–H groups in total. The fraction of sp³-hybridized carbons (Fsp3) is 0.174. The molecule has 0 aliphatic heterocycles. The number of nitrogens with zero attached hydrogens (tertiary/aromatic N) is 2. The Labute approximate surface area is 148 Å². The molecule has 0 atom stereocenters. The fourth-order valence-corrected chi connectivity index (χ4v) is 3.28. The van der Waals surface area contributed by atoms with Gasteiger partial charge < -0.3 is 0 Å². The van der Waals surface area contributed by atoms with E-state index in [4.69, 9.17) is 9.97 Å². The lowest BCUT2D eigenvalue weighted by Gasteiger charge is -2.14. The zero-order valence-electron chi connectivity index (χ0n) is 14.4. The lowest BCUT2D eigenvalue weighted by atomic mass is 9.94. The highest BCUT2D eigenvalue weighted by atomic mass is 14.7. The molecule has 0 saturated heterocycles. The average Bonchev–Trinajstić information content (AvgIpc) is 2.68. The van der Waals surface area contributed by atoms with Crippen LogP contribution in [0.4, 0.5) is 0 Å². The number of benzene rings is 2. The predicted octanol–water partition coefficient (Wildman–Crippen LogP) is 5.75. The lowest BCUT2D eigenvalue weighted by molar-refractivity contribution is 0.763. The smallest absolute Gasteiger partial charge is 0.0705 e. The first-order chi connectivity index (χ1) is 12.3. The van der Waals surface area contributed by atoms with E-state index in [9.17, 15) is 0 Å². The van der Waals surface area contributed by atoms with Crippen LogP contribution in [0.1, 0.15) is 31.2 Å². The summed E-state index contributed by atoms with van der Waals surface area (Å²) in [6, 6.07) is 25.2. The third kappa shape index (κ3) is 3.39. The van der Waals surface area contributed by atoms with Gasteiger partial charge in [0.2, 0.25) is 0 Å². The molecule has 0 amide bonds. The van der Waals surface area contributed by atoms with E-state index in [1.165, 1.54) is 16.7 Å². The number of fused-ring (bicyclic) bond motifs is 2. The van der Waals surface area contributed by atoms with Crippen LogP contribution in [0.15, 0.2) is 72.8 Å². The van der Waals surface area contributed by atoms with Crippen LogP contribution < -0.4 is 0 Å². The molecular weight excluding hydrogens is 304 g/mol. The van der Waals surface area contributed by atoms with Crippen molar-refractivity contribution in [2.75, 3.05) is 0 Å². The summed E-state index contributed by atoms with van der Waals surface area (Å²) in [5.74, 6) is 1.39. The maximum absolute atomic E-state index is 4.85. The first kappa shape index (κ1) is 15.8. The van der Waals surface area contributed by atoms with Gasteiger partial charge >= 0.3 is 0 Å². The molecule has 2 heteroatoms. The zero-order valence-corrected chi connectivity index (χ0v) is 14.4. The number of rotatable bonds is 5. The predicted molar refractivity (Wildman–Crippen MR) is 104 cm³/mol. The van der Waals surface area contributed by atoms with Gasteiger partial charge in [0.05, 0.1) is 11.0 Å². The Balaban J connectivity index is 1.54. The van der Waals surface area contributed by atoms with E-state index in [0.717, 1.165) is 41.7 Å². The second-order valence-electron chi connectivity index (χ2n) is 6.34. The first-order valence-corrected chi connectivity index (χ1v) is 8.89. The minimum atomic E-state index is 0.947. The number of aromatic nitrogens is 2. The third-order valence-corrected chi connectivity index (χ3v) is 4.73. The molecule has 0 spiro atoms. The largest absolute Gasteiger partial charge is 0.253 e. The Morgan fingerprint density at radius 2 is 1.36 bits per heavy atom. The van der Waals surface area contributed by atoms with Gasteiger partial charge in [0.25, 0.3) is 0 Å². The maximum atomic E-state index is 4.85. The standard InChI is InChI=1S/C23H21N2/c1-2-17(23-16-13-19-8-4-6-10-22(19)25-23)11-14-20-15-12-18-7-3-5-9-21(18)24-20/h3-10,12-13,15-16H,2,11,14H2,1H3. The van der Waals surface area contributed by atoms with E-state index in [2.05, 4.69) is 67.6 Å². The van der Waals surface area contributed by atoms with Gasteiger partial charge in [0.15, 0.2) is 0 Å². The highest BCUT2D eigenvalue weighted by molar-refractivity contribution is 5.79. The van der Waals surface area contributed by atoms with E-state index >= 15 is 0 Å². The minimum Gasteiger partial charge on any atom is -0.253 e. The van der Waals surface area contributed by atoms with Crippen LogP contribution in [-0.2, 0) is 6.42 Å². The summed E-state index contributed by atoms with van der Waals surface area (Å²) in [6.07, 6.45) is 2.95. The number of hydrogen-bond donors (Lipinski definition) is 0. The number of hydrogen-bond acceptors (Lipinski definition) is 2. The molecule has 25 heavy (non-hydrogen) atoms.